The molecule has 0 saturated carbocycles. The van der Waals surface area contributed by atoms with E-state index in [2.05, 4.69) is 50.5 Å². The first-order valence-corrected chi connectivity index (χ1v) is 9.59. The molecule has 1 fully saturated rings. The molecule has 0 spiro atoms. The van der Waals surface area contributed by atoms with E-state index >= 15 is 0 Å². The van der Waals surface area contributed by atoms with E-state index in [0.717, 1.165) is 77.1 Å². The number of aromatic nitrogens is 2. The van der Waals surface area contributed by atoms with E-state index in [1.807, 2.05) is 12.1 Å². The predicted octanol–water partition coefficient (Wildman–Crippen LogP) is 1.46. The Bertz CT molecular complexity index is 538. The van der Waals surface area contributed by atoms with Gasteiger partial charge in [0.25, 0.3) is 0 Å². The molecule has 0 aromatic carbocycles. The highest BCUT2D eigenvalue weighted by atomic mass is 15.3. The van der Waals surface area contributed by atoms with E-state index in [0.29, 0.717) is 0 Å². The van der Waals surface area contributed by atoms with Gasteiger partial charge in [-0.15, -0.1) is 6.58 Å². The number of unbranched alkanes of at least 4 members (excludes halogenated alkanes) is 1. The zero-order valence-electron chi connectivity index (χ0n) is 16.3. The monoisotopic (exact) mass is 359 g/mol. The topological polar surface area (TPSA) is 59.9 Å². The van der Waals surface area contributed by atoms with Crippen LogP contribution in [0.1, 0.15) is 19.8 Å². The Hall–Kier alpha value is -2.15. The Labute approximate surface area is 157 Å². The molecule has 0 amide bonds. The fraction of sp³-hybridized carbons (Fsp3) is 0.632. The number of aliphatic imine (C=N–C) groups is 1. The number of piperazine rings is 1. The van der Waals surface area contributed by atoms with Gasteiger partial charge in [-0.05, 0) is 25.8 Å². The van der Waals surface area contributed by atoms with Gasteiger partial charge in [-0.3, -0.25) is 9.89 Å². The number of hydrogen-bond donors (Lipinski definition) is 1. The standard InChI is InChI=1S/C19H33N7/c1-4-6-7-12-24(3)18(20-5-2)23-11-13-25-14-16-26(17-15-25)19-21-9-8-10-22-19/h4,8-10H,1,5-7,11-17H2,2-3H3,(H,20,23). The van der Waals surface area contributed by atoms with E-state index in [1.54, 1.807) is 12.4 Å². The van der Waals surface area contributed by atoms with Crippen molar-refractivity contribution in [1.29, 1.82) is 0 Å². The Morgan fingerprint density at radius 3 is 2.69 bits per heavy atom. The molecule has 0 unspecified atom stereocenters. The first kappa shape index (κ1) is 20.2. The number of rotatable bonds is 9. The second kappa shape index (κ2) is 11.5. The van der Waals surface area contributed by atoms with E-state index in [1.165, 1.54) is 0 Å². The van der Waals surface area contributed by atoms with Gasteiger partial charge < -0.3 is 15.1 Å². The molecule has 2 rings (SSSR count). The third-order valence-corrected chi connectivity index (χ3v) is 4.48. The summed E-state index contributed by atoms with van der Waals surface area (Å²) < 4.78 is 0. The molecule has 1 aliphatic rings. The number of anilines is 1. The van der Waals surface area contributed by atoms with Crippen LogP contribution in [0, 0.1) is 0 Å². The molecular weight excluding hydrogens is 326 g/mol. The SMILES string of the molecule is C=CCCCN(C)C(=NCCN1CCN(c2ncccn2)CC1)NCC. The molecule has 7 heteroatoms. The maximum absolute atomic E-state index is 4.79. The van der Waals surface area contributed by atoms with Gasteiger partial charge in [-0.1, -0.05) is 6.08 Å². The lowest BCUT2D eigenvalue weighted by atomic mass is 10.3. The normalized spacial score (nSPS) is 15.8. The first-order valence-electron chi connectivity index (χ1n) is 9.59. The number of allylic oxidation sites excluding steroid dienone is 1. The molecule has 1 aromatic heterocycles. The molecule has 1 aliphatic heterocycles. The summed E-state index contributed by atoms with van der Waals surface area (Å²) in [7, 11) is 2.10. The molecule has 26 heavy (non-hydrogen) atoms. The van der Waals surface area contributed by atoms with Crippen LogP contribution in [0.25, 0.3) is 0 Å². The van der Waals surface area contributed by atoms with Crippen molar-refractivity contribution in [3.05, 3.63) is 31.1 Å². The van der Waals surface area contributed by atoms with E-state index < -0.39 is 0 Å². The molecule has 1 N–H and O–H groups in total. The average molecular weight is 360 g/mol. The quantitative estimate of drug-likeness (QED) is 0.312. The van der Waals surface area contributed by atoms with E-state index in [9.17, 15) is 0 Å². The summed E-state index contributed by atoms with van der Waals surface area (Å²) in [6.45, 7) is 13.6. The predicted molar refractivity (Wildman–Crippen MR) is 109 cm³/mol. The molecule has 0 radical (unpaired) electrons. The van der Waals surface area contributed by atoms with Crippen LogP contribution in [-0.4, -0.2) is 85.1 Å². The van der Waals surface area contributed by atoms with Gasteiger partial charge in [0.2, 0.25) is 5.95 Å². The van der Waals surface area contributed by atoms with Gasteiger partial charge >= 0.3 is 0 Å². The van der Waals surface area contributed by atoms with Crippen LogP contribution in [0.15, 0.2) is 36.1 Å². The summed E-state index contributed by atoms with van der Waals surface area (Å²) in [4.78, 5) is 20.4. The lowest BCUT2D eigenvalue weighted by molar-refractivity contribution is 0.263. The van der Waals surface area contributed by atoms with Gasteiger partial charge in [0.1, 0.15) is 0 Å². The van der Waals surface area contributed by atoms with Gasteiger partial charge in [0.05, 0.1) is 6.54 Å². The first-order chi connectivity index (χ1) is 12.7. The third-order valence-electron chi connectivity index (χ3n) is 4.48. The van der Waals surface area contributed by atoms with E-state index in [-0.39, 0.29) is 0 Å². The summed E-state index contributed by atoms with van der Waals surface area (Å²) >= 11 is 0. The second-order valence-electron chi connectivity index (χ2n) is 6.47. The highest BCUT2D eigenvalue weighted by Crippen LogP contribution is 2.09. The van der Waals surface area contributed by atoms with Gasteiger partial charge in [0, 0.05) is 65.3 Å². The summed E-state index contributed by atoms with van der Waals surface area (Å²) in [5, 5.41) is 3.38. The minimum atomic E-state index is 0.815. The summed E-state index contributed by atoms with van der Waals surface area (Å²) in [5.41, 5.74) is 0. The van der Waals surface area contributed by atoms with Crippen molar-refractivity contribution in [3.8, 4) is 0 Å². The largest absolute Gasteiger partial charge is 0.357 e. The zero-order chi connectivity index (χ0) is 18.6. The van der Waals surface area contributed by atoms with Crippen LogP contribution < -0.4 is 10.2 Å². The zero-order valence-corrected chi connectivity index (χ0v) is 16.3. The fourth-order valence-electron chi connectivity index (χ4n) is 2.97. The molecule has 2 heterocycles. The summed E-state index contributed by atoms with van der Waals surface area (Å²) in [6.07, 6.45) is 7.72. The van der Waals surface area contributed by atoms with Crippen LogP contribution in [0.2, 0.25) is 0 Å². The Morgan fingerprint density at radius 1 is 1.31 bits per heavy atom. The molecule has 0 bridgehead atoms. The molecule has 1 saturated heterocycles. The Morgan fingerprint density at radius 2 is 2.04 bits per heavy atom. The van der Waals surface area contributed by atoms with Crippen molar-refractivity contribution >= 4 is 11.9 Å². The molecule has 0 atom stereocenters. The fourth-order valence-corrected chi connectivity index (χ4v) is 2.97. The summed E-state index contributed by atoms with van der Waals surface area (Å²) in [6, 6.07) is 1.86. The molecule has 1 aromatic rings. The minimum Gasteiger partial charge on any atom is -0.357 e. The minimum absolute atomic E-state index is 0.815. The van der Waals surface area contributed by atoms with Crippen LogP contribution in [-0.2, 0) is 0 Å². The van der Waals surface area contributed by atoms with Crippen molar-refractivity contribution in [2.24, 2.45) is 4.99 Å². The number of nitrogens with one attached hydrogen (secondary N) is 1. The number of guanidine groups is 1. The van der Waals surface area contributed by atoms with Crippen molar-refractivity contribution < 1.29 is 0 Å². The van der Waals surface area contributed by atoms with Gasteiger partial charge in [-0.25, -0.2) is 9.97 Å². The molecule has 144 valence electrons. The van der Waals surface area contributed by atoms with Crippen LogP contribution >= 0.6 is 0 Å². The Balaban J connectivity index is 1.74. The van der Waals surface area contributed by atoms with Crippen LogP contribution in [0.4, 0.5) is 5.95 Å². The summed E-state index contributed by atoms with van der Waals surface area (Å²) in [5.74, 6) is 1.83. The Kier molecular flexibility index (Phi) is 8.89. The lowest BCUT2D eigenvalue weighted by Crippen LogP contribution is -2.48. The second-order valence-corrected chi connectivity index (χ2v) is 6.47. The number of hydrogen-bond acceptors (Lipinski definition) is 5. The van der Waals surface area contributed by atoms with Crippen molar-refractivity contribution in [3.63, 3.8) is 0 Å². The average Bonchev–Trinajstić information content (AvgIpc) is 2.68. The van der Waals surface area contributed by atoms with Crippen LogP contribution in [0.3, 0.4) is 0 Å². The molecule has 7 nitrogen and oxygen atoms in total. The smallest absolute Gasteiger partial charge is 0.225 e. The maximum Gasteiger partial charge on any atom is 0.225 e. The van der Waals surface area contributed by atoms with Crippen molar-refractivity contribution in [2.45, 2.75) is 19.8 Å². The highest BCUT2D eigenvalue weighted by molar-refractivity contribution is 5.79. The number of nitrogens with zero attached hydrogens (tertiary/aromatic N) is 6. The van der Waals surface area contributed by atoms with Crippen molar-refractivity contribution in [2.75, 3.05) is 64.3 Å². The molecular formula is C19H33N7. The molecule has 0 aliphatic carbocycles. The van der Waals surface area contributed by atoms with Gasteiger partial charge in [-0.2, -0.15) is 0 Å². The van der Waals surface area contributed by atoms with Crippen LogP contribution in [0.5, 0.6) is 0 Å². The maximum atomic E-state index is 4.79. The van der Waals surface area contributed by atoms with Gasteiger partial charge in [0.15, 0.2) is 5.96 Å². The van der Waals surface area contributed by atoms with Crippen molar-refractivity contribution in [1.82, 2.24) is 25.1 Å². The highest BCUT2D eigenvalue weighted by Gasteiger charge is 2.18. The lowest BCUT2D eigenvalue weighted by Gasteiger charge is -2.34. The van der Waals surface area contributed by atoms with E-state index in [4.69, 9.17) is 4.99 Å². The third kappa shape index (κ3) is 6.63.